The van der Waals surface area contributed by atoms with E-state index in [9.17, 15) is 15.3 Å². The Bertz CT molecular complexity index is 584. The maximum absolute atomic E-state index is 9.68. The number of aliphatic hydroxyl groups excluding tert-OH is 2. The van der Waals surface area contributed by atoms with Crippen LogP contribution in [0.3, 0.4) is 0 Å². The summed E-state index contributed by atoms with van der Waals surface area (Å²) >= 11 is 0. The first-order chi connectivity index (χ1) is 9.11. The van der Waals surface area contributed by atoms with Gasteiger partial charge in [0.15, 0.2) is 6.10 Å². The van der Waals surface area contributed by atoms with Crippen molar-refractivity contribution in [2.24, 2.45) is 0 Å². The van der Waals surface area contributed by atoms with Gasteiger partial charge in [0.2, 0.25) is 0 Å². The minimum Gasteiger partial charge on any atom is -0.508 e. The van der Waals surface area contributed by atoms with Crippen molar-refractivity contribution in [3.63, 3.8) is 0 Å². The summed E-state index contributed by atoms with van der Waals surface area (Å²) in [6.45, 7) is 0. The summed E-state index contributed by atoms with van der Waals surface area (Å²) in [6.07, 6.45) is -2.64. The number of nitriles is 1. The highest BCUT2D eigenvalue weighted by Crippen LogP contribution is 2.24. The van der Waals surface area contributed by atoms with Gasteiger partial charge in [-0.3, -0.25) is 0 Å². The van der Waals surface area contributed by atoms with Crippen LogP contribution < -0.4 is 0 Å². The average Bonchev–Trinajstić information content (AvgIpc) is 2.46. The lowest BCUT2D eigenvalue weighted by Crippen LogP contribution is -2.15. The lowest BCUT2D eigenvalue weighted by Gasteiger charge is -2.12. The van der Waals surface area contributed by atoms with Crippen molar-refractivity contribution >= 4 is 0 Å². The fourth-order valence-electron chi connectivity index (χ4n) is 1.78. The third-order valence-corrected chi connectivity index (χ3v) is 2.88. The van der Waals surface area contributed by atoms with Crippen molar-refractivity contribution in [1.29, 1.82) is 5.26 Å². The minimum absolute atomic E-state index is 0.202. The Morgan fingerprint density at radius 2 is 1.32 bits per heavy atom. The Morgan fingerprint density at radius 3 is 1.79 bits per heavy atom. The number of aromatic hydroxyl groups is 1. The lowest BCUT2D eigenvalue weighted by molar-refractivity contribution is 0.0528. The number of benzene rings is 2. The fraction of sp³-hybridized carbons (Fsp3) is 0.133. The molecule has 0 fully saturated rings. The summed E-state index contributed by atoms with van der Waals surface area (Å²) in [7, 11) is 0. The van der Waals surface area contributed by atoms with Gasteiger partial charge in [-0.05, 0) is 28.8 Å². The van der Waals surface area contributed by atoms with E-state index >= 15 is 0 Å². The fourth-order valence-corrected chi connectivity index (χ4v) is 1.78. The molecule has 2 rings (SSSR count). The molecular formula is C15H13NO3. The second-order valence-corrected chi connectivity index (χ2v) is 4.19. The third kappa shape index (κ3) is 2.91. The summed E-state index contributed by atoms with van der Waals surface area (Å²) in [6, 6.07) is 15.2. The molecule has 0 heterocycles. The van der Waals surface area contributed by atoms with Crippen LogP contribution >= 0.6 is 0 Å². The molecule has 0 aliphatic rings. The lowest BCUT2D eigenvalue weighted by atomic mass is 10.00. The van der Waals surface area contributed by atoms with Gasteiger partial charge < -0.3 is 15.3 Å². The zero-order chi connectivity index (χ0) is 13.8. The average molecular weight is 255 g/mol. The third-order valence-electron chi connectivity index (χ3n) is 2.88. The summed E-state index contributed by atoms with van der Waals surface area (Å²) in [4.78, 5) is 0. The van der Waals surface area contributed by atoms with Crippen LogP contribution in [0.2, 0.25) is 0 Å². The number of phenolic OH excluding ortho intramolecular Hbond substituents is 1. The first-order valence-corrected chi connectivity index (χ1v) is 5.77. The molecule has 0 radical (unpaired) electrons. The Balaban J connectivity index is 2.24. The maximum Gasteiger partial charge on any atom is 0.170 e. The Hall–Kier alpha value is -2.35. The predicted molar refractivity (Wildman–Crippen MR) is 70.1 cm³/mol. The van der Waals surface area contributed by atoms with E-state index in [1.54, 1.807) is 54.6 Å². The van der Waals surface area contributed by atoms with Crippen molar-refractivity contribution in [2.75, 3.05) is 0 Å². The van der Waals surface area contributed by atoms with E-state index in [2.05, 4.69) is 0 Å². The van der Waals surface area contributed by atoms with Gasteiger partial charge >= 0.3 is 0 Å². The van der Waals surface area contributed by atoms with E-state index in [4.69, 9.17) is 5.26 Å². The van der Waals surface area contributed by atoms with E-state index in [0.29, 0.717) is 5.56 Å². The number of phenols is 1. The molecule has 2 aromatic rings. The smallest absolute Gasteiger partial charge is 0.170 e. The topological polar surface area (TPSA) is 84.5 Å². The molecule has 2 unspecified atom stereocenters. The van der Waals surface area contributed by atoms with Gasteiger partial charge in [0.1, 0.15) is 11.9 Å². The molecule has 0 amide bonds. The molecule has 0 saturated heterocycles. The first-order valence-electron chi connectivity index (χ1n) is 5.77. The van der Waals surface area contributed by atoms with Gasteiger partial charge in [0.05, 0.1) is 6.07 Å². The van der Waals surface area contributed by atoms with Gasteiger partial charge in [-0.25, -0.2) is 0 Å². The minimum atomic E-state index is -1.43. The highest BCUT2D eigenvalue weighted by molar-refractivity contribution is 5.64. The summed E-state index contributed by atoms with van der Waals surface area (Å²) in [5.41, 5.74) is 2.33. The quantitative estimate of drug-likeness (QED) is 0.732. The normalized spacial score (nSPS) is 13.5. The molecule has 19 heavy (non-hydrogen) atoms. The Labute approximate surface area is 110 Å². The van der Waals surface area contributed by atoms with Crippen molar-refractivity contribution in [1.82, 2.24) is 0 Å². The van der Waals surface area contributed by atoms with Crippen molar-refractivity contribution < 1.29 is 15.3 Å². The van der Waals surface area contributed by atoms with Crippen LogP contribution in [0, 0.1) is 11.3 Å². The first kappa shape index (κ1) is 13.1. The largest absolute Gasteiger partial charge is 0.508 e. The van der Waals surface area contributed by atoms with Crippen LogP contribution in [0.15, 0.2) is 48.5 Å². The van der Waals surface area contributed by atoms with Crippen molar-refractivity contribution in [2.45, 2.75) is 12.2 Å². The monoisotopic (exact) mass is 255 g/mol. The number of hydrogen-bond acceptors (Lipinski definition) is 4. The molecule has 96 valence electrons. The van der Waals surface area contributed by atoms with Crippen molar-refractivity contribution in [3.8, 4) is 22.9 Å². The summed E-state index contributed by atoms with van der Waals surface area (Å²) in [5, 5.41) is 36.7. The van der Waals surface area contributed by atoms with Crippen molar-refractivity contribution in [3.05, 3.63) is 54.1 Å². The molecule has 0 aliphatic carbocycles. The van der Waals surface area contributed by atoms with Crippen LogP contribution in [-0.4, -0.2) is 21.4 Å². The number of nitrogens with zero attached hydrogens (tertiary/aromatic N) is 1. The van der Waals surface area contributed by atoms with Gasteiger partial charge in [-0.15, -0.1) is 0 Å². The van der Waals surface area contributed by atoms with Crippen LogP contribution in [-0.2, 0) is 0 Å². The number of hydrogen-bond donors (Lipinski definition) is 3. The van der Waals surface area contributed by atoms with Gasteiger partial charge in [-0.1, -0.05) is 36.4 Å². The molecule has 2 aromatic carbocycles. The standard InChI is InChI=1S/C15H13NO3/c16-9-14(18)15(19)12-3-1-10(2-4-12)11-5-7-13(17)8-6-11/h1-8,14-15,17-19H. The molecule has 0 aromatic heterocycles. The second-order valence-electron chi connectivity index (χ2n) is 4.19. The van der Waals surface area contributed by atoms with Gasteiger partial charge in [-0.2, -0.15) is 5.26 Å². The summed E-state index contributed by atoms with van der Waals surface area (Å²) in [5.74, 6) is 0.202. The molecule has 4 nitrogen and oxygen atoms in total. The predicted octanol–water partition coefficient (Wildman–Crippen LogP) is 1.98. The Kier molecular flexibility index (Phi) is 3.81. The SMILES string of the molecule is N#CC(O)C(O)c1ccc(-c2ccc(O)cc2)cc1. The van der Waals surface area contributed by atoms with Crippen LogP contribution in [0.25, 0.3) is 11.1 Å². The molecule has 3 N–H and O–H groups in total. The number of aliphatic hydroxyl groups is 2. The molecular weight excluding hydrogens is 242 g/mol. The Morgan fingerprint density at radius 1 is 0.842 bits per heavy atom. The van der Waals surface area contributed by atoms with E-state index in [1.807, 2.05) is 0 Å². The van der Waals surface area contributed by atoms with E-state index in [-0.39, 0.29) is 5.75 Å². The van der Waals surface area contributed by atoms with Gasteiger partial charge in [0.25, 0.3) is 0 Å². The van der Waals surface area contributed by atoms with Crippen LogP contribution in [0.5, 0.6) is 5.75 Å². The highest BCUT2D eigenvalue weighted by Gasteiger charge is 2.17. The number of rotatable bonds is 3. The van der Waals surface area contributed by atoms with Crippen LogP contribution in [0.4, 0.5) is 0 Å². The molecule has 0 aliphatic heterocycles. The van der Waals surface area contributed by atoms with E-state index < -0.39 is 12.2 Å². The molecule has 0 spiro atoms. The molecule has 0 bridgehead atoms. The highest BCUT2D eigenvalue weighted by atomic mass is 16.3. The molecule has 0 saturated carbocycles. The van der Waals surface area contributed by atoms with Crippen LogP contribution in [0.1, 0.15) is 11.7 Å². The molecule has 2 atom stereocenters. The zero-order valence-electron chi connectivity index (χ0n) is 10.1. The zero-order valence-corrected chi connectivity index (χ0v) is 10.1. The maximum atomic E-state index is 9.68. The summed E-state index contributed by atoms with van der Waals surface area (Å²) < 4.78 is 0. The van der Waals surface area contributed by atoms with Gasteiger partial charge in [0, 0.05) is 0 Å². The molecule has 4 heteroatoms. The van der Waals surface area contributed by atoms with E-state index in [1.165, 1.54) is 0 Å². The van der Waals surface area contributed by atoms with E-state index in [0.717, 1.165) is 11.1 Å². The second kappa shape index (κ2) is 5.53.